The van der Waals surface area contributed by atoms with Crippen LogP contribution >= 0.6 is 0 Å². The third-order valence-corrected chi connectivity index (χ3v) is 6.62. The Morgan fingerprint density at radius 1 is 1.00 bits per heavy atom. The van der Waals surface area contributed by atoms with Gasteiger partial charge in [-0.1, -0.05) is 30.3 Å². The quantitative estimate of drug-likeness (QED) is 0.456. The number of methoxy groups -OCH3 is 1. The Morgan fingerprint density at radius 2 is 1.76 bits per heavy atom. The summed E-state index contributed by atoms with van der Waals surface area (Å²) < 4.78 is 16.8. The third-order valence-electron chi connectivity index (χ3n) is 6.62. The molecule has 0 N–H and O–H groups in total. The zero-order valence-electron chi connectivity index (χ0n) is 20.1. The van der Waals surface area contributed by atoms with E-state index in [0.29, 0.717) is 26.1 Å². The van der Waals surface area contributed by atoms with Crippen LogP contribution in [0.2, 0.25) is 0 Å². The first-order valence-corrected chi connectivity index (χ1v) is 12.2. The van der Waals surface area contributed by atoms with E-state index in [1.165, 1.54) is 12.8 Å². The van der Waals surface area contributed by atoms with Crippen molar-refractivity contribution in [3.05, 3.63) is 54.1 Å². The fourth-order valence-electron chi connectivity index (χ4n) is 4.87. The maximum absolute atomic E-state index is 12.9. The molecular formula is C27H34N2O5. The summed E-state index contributed by atoms with van der Waals surface area (Å²) in [5.74, 6) is 0.136. The van der Waals surface area contributed by atoms with E-state index in [1.807, 2.05) is 48.5 Å². The molecule has 1 aliphatic heterocycles. The first kappa shape index (κ1) is 23.9. The van der Waals surface area contributed by atoms with E-state index in [1.54, 1.807) is 18.9 Å². The number of esters is 1. The summed E-state index contributed by atoms with van der Waals surface area (Å²) in [4.78, 5) is 29.0. The number of ether oxygens (including phenoxy) is 3. The van der Waals surface area contributed by atoms with Crippen molar-refractivity contribution in [3.8, 4) is 11.5 Å². The molecule has 0 bridgehead atoms. The highest BCUT2D eigenvalue weighted by atomic mass is 16.5. The monoisotopic (exact) mass is 466 g/mol. The fourth-order valence-corrected chi connectivity index (χ4v) is 4.87. The van der Waals surface area contributed by atoms with Crippen LogP contribution in [0.15, 0.2) is 48.5 Å². The molecule has 2 aromatic carbocycles. The molecule has 34 heavy (non-hydrogen) atoms. The molecule has 7 nitrogen and oxygen atoms in total. The van der Waals surface area contributed by atoms with Gasteiger partial charge in [0, 0.05) is 31.4 Å². The molecule has 1 saturated heterocycles. The number of piperazine rings is 1. The molecule has 0 spiro atoms. The molecule has 0 radical (unpaired) electrons. The summed E-state index contributed by atoms with van der Waals surface area (Å²) in [5, 5.41) is 0. The number of nitrogens with zero attached hydrogens (tertiary/aromatic N) is 2. The molecular weight excluding hydrogens is 432 g/mol. The predicted octanol–water partition coefficient (Wildman–Crippen LogP) is 3.84. The maximum Gasteiger partial charge on any atom is 0.397 e. The zero-order chi connectivity index (χ0) is 23.9. The number of carbonyl (C=O) groups is 2. The van der Waals surface area contributed by atoms with Gasteiger partial charge in [-0.25, -0.2) is 4.79 Å². The summed E-state index contributed by atoms with van der Waals surface area (Å²) in [6, 6.07) is 15.9. The number of carbonyl (C=O) groups excluding carboxylic acids is 2. The summed E-state index contributed by atoms with van der Waals surface area (Å²) in [5.41, 5.74) is 2.14. The van der Waals surface area contributed by atoms with Crippen LogP contribution < -0.4 is 14.4 Å². The number of hydrogen-bond donors (Lipinski definition) is 0. The molecule has 7 heteroatoms. The molecule has 1 heterocycles. The van der Waals surface area contributed by atoms with E-state index in [-0.39, 0.29) is 18.8 Å². The minimum absolute atomic E-state index is 0.158. The SMILES string of the molecule is CCOC(=O)C(=O)N1CCN(c2ccc(OC)c(OC3CCCC3)c2)C[C@@H]1Cc1ccccc1. The van der Waals surface area contributed by atoms with Gasteiger partial charge in [-0.15, -0.1) is 0 Å². The predicted molar refractivity (Wildman–Crippen MR) is 130 cm³/mol. The number of anilines is 1. The van der Waals surface area contributed by atoms with Gasteiger partial charge in [-0.2, -0.15) is 0 Å². The topological polar surface area (TPSA) is 68.3 Å². The van der Waals surface area contributed by atoms with Gasteiger partial charge in [0.05, 0.1) is 25.9 Å². The molecule has 2 fully saturated rings. The maximum atomic E-state index is 12.9. The van der Waals surface area contributed by atoms with Crippen LogP contribution in [0.1, 0.15) is 38.2 Å². The fraction of sp³-hybridized carbons (Fsp3) is 0.481. The second kappa shape index (κ2) is 11.3. The van der Waals surface area contributed by atoms with Crippen molar-refractivity contribution in [1.82, 2.24) is 4.90 Å². The van der Waals surface area contributed by atoms with Crippen LogP contribution in [-0.4, -0.2) is 62.3 Å². The van der Waals surface area contributed by atoms with Gasteiger partial charge in [0.25, 0.3) is 0 Å². The van der Waals surface area contributed by atoms with E-state index in [4.69, 9.17) is 14.2 Å². The standard InChI is InChI=1S/C27H34N2O5/c1-3-33-27(31)26(30)29-16-15-28(19-22(29)17-20-9-5-4-6-10-20)21-13-14-24(32-2)25(18-21)34-23-11-7-8-12-23/h4-6,9-10,13-14,18,22-23H,3,7-8,11-12,15-17,19H2,1-2H3/t22-/m0/s1. The van der Waals surface area contributed by atoms with Gasteiger partial charge in [0.2, 0.25) is 0 Å². The van der Waals surface area contributed by atoms with Crippen molar-refractivity contribution in [3.63, 3.8) is 0 Å². The average molecular weight is 467 g/mol. The van der Waals surface area contributed by atoms with E-state index < -0.39 is 11.9 Å². The number of amides is 1. The molecule has 1 aliphatic carbocycles. The smallest absolute Gasteiger partial charge is 0.397 e. The van der Waals surface area contributed by atoms with Gasteiger partial charge in [0.1, 0.15) is 0 Å². The minimum atomic E-state index is -0.786. The summed E-state index contributed by atoms with van der Waals surface area (Å²) in [7, 11) is 1.66. The normalized spacial score (nSPS) is 18.6. The second-order valence-corrected chi connectivity index (χ2v) is 8.87. The molecule has 2 aliphatic rings. The molecule has 1 saturated carbocycles. The van der Waals surface area contributed by atoms with Crippen LogP contribution in [0.25, 0.3) is 0 Å². The van der Waals surface area contributed by atoms with Crippen LogP contribution in [-0.2, 0) is 20.7 Å². The van der Waals surface area contributed by atoms with Gasteiger partial charge >= 0.3 is 11.9 Å². The summed E-state index contributed by atoms with van der Waals surface area (Å²) in [6.45, 7) is 3.56. The van der Waals surface area contributed by atoms with Crippen molar-refractivity contribution >= 4 is 17.6 Å². The molecule has 1 atom stereocenters. The minimum Gasteiger partial charge on any atom is -0.493 e. The Morgan fingerprint density at radius 3 is 2.47 bits per heavy atom. The first-order valence-electron chi connectivity index (χ1n) is 12.2. The van der Waals surface area contributed by atoms with Crippen molar-refractivity contribution in [2.75, 3.05) is 38.3 Å². The lowest BCUT2D eigenvalue weighted by Crippen LogP contribution is -2.57. The van der Waals surface area contributed by atoms with Gasteiger partial charge in [0.15, 0.2) is 11.5 Å². The van der Waals surface area contributed by atoms with Crippen molar-refractivity contribution in [2.24, 2.45) is 0 Å². The van der Waals surface area contributed by atoms with Crippen molar-refractivity contribution in [2.45, 2.75) is 51.2 Å². The highest BCUT2D eigenvalue weighted by molar-refractivity contribution is 6.32. The van der Waals surface area contributed by atoms with Crippen molar-refractivity contribution in [1.29, 1.82) is 0 Å². The highest BCUT2D eigenvalue weighted by Gasteiger charge is 2.35. The molecule has 1 amide bonds. The zero-order valence-corrected chi connectivity index (χ0v) is 20.1. The number of hydrogen-bond acceptors (Lipinski definition) is 6. The van der Waals surface area contributed by atoms with Crippen molar-refractivity contribution < 1.29 is 23.8 Å². The van der Waals surface area contributed by atoms with Gasteiger partial charge in [-0.3, -0.25) is 4.79 Å². The van der Waals surface area contributed by atoms with Crippen LogP contribution in [0, 0.1) is 0 Å². The molecule has 2 aromatic rings. The van der Waals surface area contributed by atoms with E-state index in [2.05, 4.69) is 4.90 Å². The summed E-state index contributed by atoms with van der Waals surface area (Å²) >= 11 is 0. The number of rotatable bonds is 7. The Bertz CT molecular complexity index is 974. The van der Waals surface area contributed by atoms with E-state index in [0.717, 1.165) is 35.6 Å². The van der Waals surface area contributed by atoms with Gasteiger partial charge in [-0.05, 0) is 56.7 Å². The first-order chi connectivity index (χ1) is 16.6. The Balaban J connectivity index is 1.55. The highest BCUT2D eigenvalue weighted by Crippen LogP contribution is 2.35. The van der Waals surface area contributed by atoms with Gasteiger partial charge < -0.3 is 24.0 Å². The largest absolute Gasteiger partial charge is 0.493 e. The third kappa shape index (κ3) is 5.64. The lowest BCUT2D eigenvalue weighted by Gasteiger charge is -2.42. The average Bonchev–Trinajstić information content (AvgIpc) is 3.37. The van der Waals surface area contributed by atoms with Crippen LogP contribution in [0.5, 0.6) is 11.5 Å². The van der Waals surface area contributed by atoms with E-state index >= 15 is 0 Å². The Labute approximate surface area is 201 Å². The molecule has 0 aromatic heterocycles. The molecule has 0 unspecified atom stereocenters. The Hall–Kier alpha value is -3.22. The Kier molecular flexibility index (Phi) is 7.93. The lowest BCUT2D eigenvalue weighted by atomic mass is 10.0. The van der Waals surface area contributed by atoms with Crippen LogP contribution in [0.4, 0.5) is 5.69 Å². The number of benzene rings is 2. The summed E-state index contributed by atoms with van der Waals surface area (Å²) in [6.07, 6.45) is 5.43. The lowest BCUT2D eigenvalue weighted by molar-refractivity contribution is -0.161. The molecule has 4 rings (SSSR count). The van der Waals surface area contributed by atoms with E-state index in [9.17, 15) is 9.59 Å². The van der Waals surface area contributed by atoms with Crippen LogP contribution in [0.3, 0.4) is 0 Å². The molecule has 182 valence electrons. The second-order valence-electron chi connectivity index (χ2n) is 8.87.